The summed E-state index contributed by atoms with van der Waals surface area (Å²) >= 11 is 0. The molecule has 126 valence electrons. The number of aromatic nitrogens is 3. The third-order valence-electron chi connectivity index (χ3n) is 4.18. The van der Waals surface area contributed by atoms with Crippen LogP contribution in [0.1, 0.15) is 18.2 Å². The van der Waals surface area contributed by atoms with Crippen LogP contribution in [0.15, 0.2) is 53.2 Å². The molecule has 0 saturated carbocycles. The summed E-state index contributed by atoms with van der Waals surface area (Å²) in [6, 6.07) is 12.9. The van der Waals surface area contributed by atoms with Crippen molar-refractivity contribution in [1.82, 2.24) is 15.1 Å². The molecule has 1 aliphatic heterocycles. The zero-order chi connectivity index (χ0) is 17.2. The summed E-state index contributed by atoms with van der Waals surface area (Å²) in [7, 11) is 1.60. The average Bonchev–Trinajstić information content (AvgIpc) is 3.29. The van der Waals surface area contributed by atoms with E-state index in [4.69, 9.17) is 9.26 Å². The fraction of sp³-hybridized carbons (Fsp3) is 0.222. The number of methoxy groups -OCH3 is 1. The van der Waals surface area contributed by atoms with Crippen molar-refractivity contribution in [2.24, 2.45) is 0 Å². The molecule has 0 spiro atoms. The van der Waals surface area contributed by atoms with Crippen molar-refractivity contribution in [3.05, 3.63) is 54.5 Å². The Labute approximate surface area is 144 Å². The van der Waals surface area contributed by atoms with Crippen LogP contribution < -0.4 is 9.64 Å². The standard InChI is InChI=1S/C18H16N4O3/c1-24-14-6-4-5-13(10-14)22-11-12(9-16(22)23)17-20-18(25-21-17)15-7-2-3-8-19-15/h2-8,10,12H,9,11H2,1H3. The van der Waals surface area contributed by atoms with E-state index in [0.717, 1.165) is 5.69 Å². The highest BCUT2D eigenvalue weighted by atomic mass is 16.5. The lowest BCUT2D eigenvalue weighted by Crippen LogP contribution is -2.24. The maximum Gasteiger partial charge on any atom is 0.276 e. The Balaban J connectivity index is 1.55. The molecule has 1 amide bonds. The Morgan fingerprint density at radius 1 is 1.24 bits per heavy atom. The molecule has 25 heavy (non-hydrogen) atoms. The molecule has 3 aromatic rings. The zero-order valence-corrected chi connectivity index (χ0v) is 13.6. The first kappa shape index (κ1) is 15.3. The van der Waals surface area contributed by atoms with Gasteiger partial charge in [0, 0.05) is 36.8 Å². The molecule has 7 nitrogen and oxygen atoms in total. The van der Waals surface area contributed by atoms with Gasteiger partial charge in [-0.1, -0.05) is 17.3 Å². The van der Waals surface area contributed by atoms with E-state index in [1.165, 1.54) is 0 Å². The highest BCUT2D eigenvalue weighted by Gasteiger charge is 2.34. The predicted molar refractivity (Wildman–Crippen MR) is 90.2 cm³/mol. The second kappa shape index (κ2) is 6.35. The van der Waals surface area contributed by atoms with Crippen molar-refractivity contribution in [2.45, 2.75) is 12.3 Å². The lowest BCUT2D eigenvalue weighted by molar-refractivity contribution is -0.117. The second-order valence-corrected chi connectivity index (χ2v) is 5.78. The number of hydrogen-bond donors (Lipinski definition) is 0. The molecule has 0 aliphatic carbocycles. The van der Waals surface area contributed by atoms with E-state index in [9.17, 15) is 4.79 Å². The van der Waals surface area contributed by atoms with Gasteiger partial charge in [0.15, 0.2) is 5.82 Å². The second-order valence-electron chi connectivity index (χ2n) is 5.78. The van der Waals surface area contributed by atoms with E-state index < -0.39 is 0 Å². The first-order valence-electron chi connectivity index (χ1n) is 7.94. The van der Waals surface area contributed by atoms with Gasteiger partial charge in [0.1, 0.15) is 11.4 Å². The average molecular weight is 336 g/mol. The number of anilines is 1. The highest BCUT2D eigenvalue weighted by molar-refractivity contribution is 5.96. The lowest BCUT2D eigenvalue weighted by Gasteiger charge is -2.16. The number of benzene rings is 1. The molecule has 4 rings (SSSR count). The molecule has 2 aromatic heterocycles. The minimum absolute atomic E-state index is 0.0300. The maximum atomic E-state index is 12.4. The highest BCUT2D eigenvalue weighted by Crippen LogP contribution is 2.32. The SMILES string of the molecule is COc1cccc(N2CC(c3noc(-c4ccccn4)n3)CC2=O)c1. The van der Waals surface area contributed by atoms with E-state index in [1.807, 2.05) is 36.4 Å². The van der Waals surface area contributed by atoms with Crippen molar-refractivity contribution in [1.29, 1.82) is 0 Å². The Bertz CT molecular complexity index is 894. The van der Waals surface area contributed by atoms with E-state index in [2.05, 4.69) is 15.1 Å². The number of amides is 1. The summed E-state index contributed by atoms with van der Waals surface area (Å²) in [5.74, 6) is 1.52. The van der Waals surface area contributed by atoms with Gasteiger partial charge in [0.25, 0.3) is 5.89 Å². The quantitative estimate of drug-likeness (QED) is 0.728. The van der Waals surface area contributed by atoms with Crippen LogP contribution in [0.4, 0.5) is 5.69 Å². The van der Waals surface area contributed by atoms with Crippen LogP contribution in [-0.4, -0.2) is 34.7 Å². The number of nitrogens with zero attached hydrogens (tertiary/aromatic N) is 4. The van der Waals surface area contributed by atoms with Crippen molar-refractivity contribution < 1.29 is 14.1 Å². The molecular formula is C18H16N4O3. The first-order valence-corrected chi connectivity index (χ1v) is 7.94. The van der Waals surface area contributed by atoms with E-state index >= 15 is 0 Å². The molecule has 1 aliphatic rings. The lowest BCUT2D eigenvalue weighted by atomic mass is 10.1. The van der Waals surface area contributed by atoms with Gasteiger partial charge in [0.2, 0.25) is 5.91 Å². The molecule has 7 heteroatoms. The van der Waals surface area contributed by atoms with Crippen molar-refractivity contribution in [3.63, 3.8) is 0 Å². The number of ether oxygens (including phenoxy) is 1. The largest absolute Gasteiger partial charge is 0.497 e. The van der Waals surface area contributed by atoms with Gasteiger partial charge < -0.3 is 14.2 Å². The number of rotatable bonds is 4. The summed E-state index contributed by atoms with van der Waals surface area (Å²) in [5.41, 5.74) is 1.43. The van der Waals surface area contributed by atoms with E-state index in [-0.39, 0.29) is 11.8 Å². The molecule has 1 saturated heterocycles. The molecule has 1 aromatic carbocycles. The van der Waals surface area contributed by atoms with Gasteiger partial charge in [0.05, 0.1) is 7.11 Å². The summed E-state index contributed by atoms with van der Waals surface area (Å²) in [4.78, 5) is 22.8. The van der Waals surface area contributed by atoms with Gasteiger partial charge in [-0.15, -0.1) is 0 Å². The van der Waals surface area contributed by atoms with Crippen LogP contribution in [0.3, 0.4) is 0 Å². The van der Waals surface area contributed by atoms with Gasteiger partial charge >= 0.3 is 0 Å². The van der Waals surface area contributed by atoms with E-state index in [0.29, 0.717) is 36.1 Å². The fourth-order valence-electron chi connectivity index (χ4n) is 2.90. The molecule has 0 bridgehead atoms. The van der Waals surface area contributed by atoms with Crippen LogP contribution in [-0.2, 0) is 4.79 Å². The Morgan fingerprint density at radius 2 is 2.16 bits per heavy atom. The summed E-state index contributed by atoms with van der Waals surface area (Å²) in [6.45, 7) is 0.507. The number of carbonyl (C=O) groups is 1. The van der Waals surface area contributed by atoms with E-state index in [1.54, 1.807) is 24.3 Å². The van der Waals surface area contributed by atoms with Gasteiger partial charge in [-0.2, -0.15) is 4.98 Å². The van der Waals surface area contributed by atoms with Crippen LogP contribution in [0.2, 0.25) is 0 Å². The third-order valence-corrected chi connectivity index (χ3v) is 4.18. The minimum Gasteiger partial charge on any atom is -0.497 e. The zero-order valence-electron chi connectivity index (χ0n) is 13.6. The van der Waals surface area contributed by atoms with Crippen LogP contribution >= 0.6 is 0 Å². The van der Waals surface area contributed by atoms with Crippen molar-refractivity contribution in [2.75, 3.05) is 18.6 Å². The Hall–Kier alpha value is -3.22. The van der Waals surface area contributed by atoms with Crippen molar-refractivity contribution >= 4 is 11.6 Å². The molecule has 1 unspecified atom stereocenters. The van der Waals surface area contributed by atoms with Crippen molar-refractivity contribution in [3.8, 4) is 17.3 Å². The monoisotopic (exact) mass is 336 g/mol. The van der Waals surface area contributed by atoms with Crippen LogP contribution in [0, 0.1) is 0 Å². The van der Waals surface area contributed by atoms with Crippen LogP contribution in [0.25, 0.3) is 11.6 Å². The van der Waals surface area contributed by atoms with Gasteiger partial charge in [-0.05, 0) is 24.3 Å². The Morgan fingerprint density at radius 3 is 2.96 bits per heavy atom. The third kappa shape index (κ3) is 2.96. The Kier molecular flexibility index (Phi) is 3.89. The number of pyridine rings is 1. The predicted octanol–water partition coefficient (Wildman–Crippen LogP) is 2.66. The first-order chi connectivity index (χ1) is 12.2. The minimum atomic E-state index is -0.111. The number of carbonyl (C=O) groups excluding carboxylic acids is 1. The smallest absolute Gasteiger partial charge is 0.276 e. The molecule has 1 atom stereocenters. The van der Waals surface area contributed by atoms with Gasteiger partial charge in [-0.3, -0.25) is 9.78 Å². The fourth-order valence-corrected chi connectivity index (χ4v) is 2.90. The normalized spacial score (nSPS) is 17.1. The maximum absolute atomic E-state index is 12.4. The summed E-state index contributed by atoms with van der Waals surface area (Å²) in [6.07, 6.45) is 2.02. The number of hydrogen-bond acceptors (Lipinski definition) is 6. The summed E-state index contributed by atoms with van der Waals surface area (Å²) in [5, 5.41) is 4.04. The molecule has 0 N–H and O–H groups in total. The molecular weight excluding hydrogens is 320 g/mol. The molecule has 1 fully saturated rings. The topological polar surface area (TPSA) is 81.3 Å². The summed E-state index contributed by atoms with van der Waals surface area (Å²) < 4.78 is 10.5. The molecule has 3 heterocycles. The van der Waals surface area contributed by atoms with Gasteiger partial charge in [-0.25, -0.2) is 0 Å². The molecule has 0 radical (unpaired) electrons. The van der Waals surface area contributed by atoms with Crippen LogP contribution in [0.5, 0.6) is 5.75 Å².